The summed E-state index contributed by atoms with van der Waals surface area (Å²) in [6, 6.07) is 0. The maximum absolute atomic E-state index is 12.6. The summed E-state index contributed by atoms with van der Waals surface area (Å²) in [4.78, 5) is 14.6. The third-order valence-electron chi connectivity index (χ3n) is 3.82. The zero-order valence-electron chi connectivity index (χ0n) is 13.8. The Labute approximate surface area is 119 Å². The van der Waals surface area contributed by atoms with Gasteiger partial charge in [0.05, 0.1) is 5.92 Å². The van der Waals surface area contributed by atoms with Crippen LogP contribution in [0.15, 0.2) is 0 Å². The van der Waals surface area contributed by atoms with E-state index in [0.29, 0.717) is 12.5 Å². The molecule has 0 aromatic rings. The van der Waals surface area contributed by atoms with Gasteiger partial charge in [0.15, 0.2) is 0 Å². The molecule has 0 fully saturated rings. The van der Waals surface area contributed by atoms with Crippen molar-refractivity contribution in [3.05, 3.63) is 0 Å². The van der Waals surface area contributed by atoms with Gasteiger partial charge in [-0.15, -0.1) is 0 Å². The lowest BCUT2D eigenvalue weighted by atomic mass is 9.84. The molecule has 3 heteroatoms. The van der Waals surface area contributed by atoms with Crippen LogP contribution in [0.1, 0.15) is 60.8 Å². The van der Waals surface area contributed by atoms with E-state index < -0.39 is 0 Å². The van der Waals surface area contributed by atoms with Crippen molar-refractivity contribution in [2.45, 2.75) is 60.8 Å². The molecule has 0 aliphatic heterocycles. The second-order valence-corrected chi connectivity index (χ2v) is 6.76. The highest BCUT2D eigenvalue weighted by molar-refractivity contribution is 5.79. The van der Waals surface area contributed by atoms with Gasteiger partial charge in [0.2, 0.25) is 5.91 Å². The SMILES string of the molecule is CCC(CC)CN(CC)C(=O)C(CN)CC(C)(C)C. The Morgan fingerprint density at radius 3 is 2.00 bits per heavy atom. The van der Waals surface area contributed by atoms with E-state index in [-0.39, 0.29) is 17.2 Å². The van der Waals surface area contributed by atoms with Gasteiger partial charge in [0, 0.05) is 19.6 Å². The topological polar surface area (TPSA) is 46.3 Å². The summed E-state index contributed by atoms with van der Waals surface area (Å²) in [5.74, 6) is 0.818. The Morgan fingerprint density at radius 1 is 1.16 bits per heavy atom. The van der Waals surface area contributed by atoms with Crippen LogP contribution >= 0.6 is 0 Å². The minimum Gasteiger partial charge on any atom is -0.342 e. The third-order valence-corrected chi connectivity index (χ3v) is 3.82. The molecule has 0 aromatic carbocycles. The molecule has 0 heterocycles. The molecular formula is C16H34N2O. The summed E-state index contributed by atoms with van der Waals surface area (Å²) in [6.45, 7) is 15.1. The summed E-state index contributed by atoms with van der Waals surface area (Å²) in [5, 5.41) is 0. The van der Waals surface area contributed by atoms with Crippen molar-refractivity contribution in [3.63, 3.8) is 0 Å². The maximum atomic E-state index is 12.6. The van der Waals surface area contributed by atoms with Crippen molar-refractivity contribution in [2.75, 3.05) is 19.6 Å². The van der Waals surface area contributed by atoms with Gasteiger partial charge in [-0.1, -0.05) is 47.5 Å². The molecule has 114 valence electrons. The fourth-order valence-electron chi connectivity index (χ4n) is 2.50. The van der Waals surface area contributed by atoms with E-state index in [1.165, 1.54) is 0 Å². The molecule has 0 saturated carbocycles. The van der Waals surface area contributed by atoms with E-state index in [1.807, 2.05) is 4.90 Å². The van der Waals surface area contributed by atoms with Crippen LogP contribution in [0.2, 0.25) is 0 Å². The normalized spacial score (nSPS) is 13.7. The summed E-state index contributed by atoms with van der Waals surface area (Å²) in [7, 11) is 0. The molecule has 0 radical (unpaired) electrons. The standard InChI is InChI=1S/C16H34N2O/c1-7-13(8-2)12-18(9-3)15(19)14(11-17)10-16(4,5)6/h13-14H,7-12,17H2,1-6H3. The Bertz CT molecular complexity index is 254. The van der Waals surface area contributed by atoms with Gasteiger partial charge in [-0.05, 0) is 24.7 Å². The lowest BCUT2D eigenvalue weighted by Gasteiger charge is -2.31. The van der Waals surface area contributed by atoms with Crippen molar-refractivity contribution in [3.8, 4) is 0 Å². The predicted molar refractivity (Wildman–Crippen MR) is 82.9 cm³/mol. The average Bonchev–Trinajstić information content (AvgIpc) is 2.35. The van der Waals surface area contributed by atoms with Crippen LogP contribution in [0, 0.1) is 17.3 Å². The lowest BCUT2D eigenvalue weighted by molar-refractivity contribution is -0.136. The van der Waals surface area contributed by atoms with Gasteiger partial charge in [-0.3, -0.25) is 4.79 Å². The number of carbonyl (C=O) groups excluding carboxylic acids is 1. The zero-order chi connectivity index (χ0) is 15.1. The third kappa shape index (κ3) is 6.95. The highest BCUT2D eigenvalue weighted by atomic mass is 16.2. The van der Waals surface area contributed by atoms with E-state index in [4.69, 9.17) is 5.73 Å². The molecule has 0 aliphatic carbocycles. The van der Waals surface area contributed by atoms with Gasteiger partial charge in [-0.25, -0.2) is 0 Å². The van der Waals surface area contributed by atoms with E-state index in [2.05, 4.69) is 41.5 Å². The molecule has 1 amide bonds. The molecule has 0 aromatic heterocycles. The first-order valence-corrected chi connectivity index (χ1v) is 7.77. The number of hydrogen-bond donors (Lipinski definition) is 1. The summed E-state index contributed by atoms with van der Waals surface area (Å²) in [6.07, 6.45) is 3.13. The number of hydrogen-bond acceptors (Lipinski definition) is 2. The molecule has 19 heavy (non-hydrogen) atoms. The molecule has 0 bridgehead atoms. The van der Waals surface area contributed by atoms with Gasteiger partial charge in [0.1, 0.15) is 0 Å². The van der Waals surface area contributed by atoms with Crippen molar-refractivity contribution in [1.29, 1.82) is 0 Å². The van der Waals surface area contributed by atoms with E-state index >= 15 is 0 Å². The molecule has 0 spiro atoms. The number of carbonyl (C=O) groups is 1. The predicted octanol–water partition coefficient (Wildman–Crippen LogP) is 3.28. The Kier molecular flexibility index (Phi) is 8.31. The van der Waals surface area contributed by atoms with Gasteiger partial charge < -0.3 is 10.6 Å². The van der Waals surface area contributed by atoms with Crippen LogP contribution in [0.4, 0.5) is 0 Å². The first-order chi connectivity index (χ1) is 8.78. The van der Waals surface area contributed by atoms with Crippen molar-refractivity contribution < 1.29 is 4.79 Å². The fourth-order valence-corrected chi connectivity index (χ4v) is 2.50. The van der Waals surface area contributed by atoms with Crippen LogP contribution in [0.5, 0.6) is 0 Å². The Balaban J connectivity index is 4.70. The zero-order valence-corrected chi connectivity index (χ0v) is 13.8. The lowest BCUT2D eigenvalue weighted by Crippen LogP contribution is -2.42. The minimum absolute atomic E-state index is 0.0330. The molecule has 1 unspecified atom stereocenters. The van der Waals surface area contributed by atoms with Crippen molar-refractivity contribution in [2.24, 2.45) is 23.0 Å². The largest absolute Gasteiger partial charge is 0.342 e. The van der Waals surface area contributed by atoms with Gasteiger partial charge in [0.25, 0.3) is 0 Å². The van der Waals surface area contributed by atoms with E-state index in [0.717, 1.165) is 32.4 Å². The summed E-state index contributed by atoms with van der Waals surface area (Å²) in [5.41, 5.74) is 5.97. The Morgan fingerprint density at radius 2 is 1.68 bits per heavy atom. The second kappa shape index (κ2) is 8.57. The summed E-state index contributed by atoms with van der Waals surface area (Å²) >= 11 is 0. The summed E-state index contributed by atoms with van der Waals surface area (Å²) < 4.78 is 0. The number of amides is 1. The molecule has 0 rings (SSSR count). The van der Waals surface area contributed by atoms with Crippen LogP contribution in [-0.2, 0) is 4.79 Å². The molecule has 0 saturated heterocycles. The molecule has 0 aliphatic rings. The van der Waals surface area contributed by atoms with Gasteiger partial charge >= 0.3 is 0 Å². The second-order valence-electron chi connectivity index (χ2n) is 6.76. The van der Waals surface area contributed by atoms with Gasteiger partial charge in [-0.2, -0.15) is 0 Å². The monoisotopic (exact) mass is 270 g/mol. The smallest absolute Gasteiger partial charge is 0.226 e. The number of nitrogens with two attached hydrogens (primary N) is 1. The quantitative estimate of drug-likeness (QED) is 0.735. The average molecular weight is 270 g/mol. The highest BCUT2D eigenvalue weighted by Gasteiger charge is 2.27. The Hall–Kier alpha value is -0.570. The first kappa shape index (κ1) is 18.4. The molecule has 1 atom stereocenters. The van der Waals surface area contributed by atoms with Crippen molar-refractivity contribution >= 4 is 5.91 Å². The van der Waals surface area contributed by atoms with Crippen LogP contribution in [0.25, 0.3) is 0 Å². The number of rotatable bonds is 8. The van der Waals surface area contributed by atoms with Crippen LogP contribution in [0.3, 0.4) is 0 Å². The van der Waals surface area contributed by atoms with Crippen LogP contribution < -0.4 is 5.73 Å². The van der Waals surface area contributed by atoms with Crippen molar-refractivity contribution in [1.82, 2.24) is 4.90 Å². The van der Waals surface area contributed by atoms with Crippen LogP contribution in [-0.4, -0.2) is 30.4 Å². The maximum Gasteiger partial charge on any atom is 0.226 e. The first-order valence-electron chi connectivity index (χ1n) is 7.77. The number of nitrogens with zero attached hydrogens (tertiary/aromatic N) is 1. The highest BCUT2D eigenvalue weighted by Crippen LogP contribution is 2.25. The minimum atomic E-state index is -0.0330. The molecule has 3 nitrogen and oxygen atoms in total. The molecular weight excluding hydrogens is 236 g/mol. The van der Waals surface area contributed by atoms with E-state index in [1.54, 1.807) is 0 Å². The van der Waals surface area contributed by atoms with E-state index in [9.17, 15) is 4.79 Å². The molecule has 2 N–H and O–H groups in total. The fraction of sp³-hybridized carbons (Fsp3) is 0.938.